The number of carbonyl (C=O) groups excluding carboxylic acids is 1. The van der Waals surface area contributed by atoms with Gasteiger partial charge < -0.3 is 10.0 Å². The molecule has 0 spiro atoms. The molecule has 104 valence electrons. The van der Waals surface area contributed by atoms with Gasteiger partial charge in [0.1, 0.15) is 0 Å². The first-order chi connectivity index (χ1) is 9.51. The molecule has 0 radical (unpaired) electrons. The SMILES string of the molecule is O=C(c1csc2ccccc12)N1CCC(F)(C(=O)O)C1. The highest BCUT2D eigenvalue weighted by Crippen LogP contribution is 2.31. The quantitative estimate of drug-likeness (QED) is 0.925. The van der Waals surface area contributed by atoms with Crippen LogP contribution in [-0.4, -0.2) is 40.6 Å². The molecule has 2 heterocycles. The van der Waals surface area contributed by atoms with Gasteiger partial charge in [-0.1, -0.05) is 18.2 Å². The molecule has 4 nitrogen and oxygen atoms in total. The number of hydrogen-bond acceptors (Lipinski definition) is 3. The summed E-state index contributed by atoms with van der Waals surface area (Å²) in [7, 11) is 0. The van der Waals surface area contributed by atoms with Gasteiger partial charge in [-0.25, -0.2) is 9.18 Å². The van der Waals surface area contributed by atoms with Gasteiger partial charge in [0, 0.05) is 28.4 Å². The van der Waals surface area contributed by atoms with Gasteiger partial charge >= 0.3 is 5.97 Å². The second kappa shape index (κ2) is 4.56. The lowest BCUT2D eigenvalue weighted by Crippen LogP contribution is -2.38. The van der Waals surface area contributed by atoms with Crippen molar-refractivity contribution >= 4 is 33.3 Å². The predicted molar refractivity (Wildman–Crippen MR) is 73.8 cm³/mol. The first kappa shape index (κ1) is 13.1. The minimum absolute atomic E-state index is 0.131. The normalized spacial score (nSPS) is 22.4. The van der Waals surface area contributed by atoms with Gasteiger partial charge in [0.2, 0.25) is 5.67 Å². The number of carboxylic acids is 1. The summed E-state index contributed by atoms with van der Waals surface area (Å²) < 4.78 is 15.0. The standard InChI is InChI=1S/C14H12FNO3S/c15-14(13(18)19)5-6-16(8-14)12(17)10-7-20-11-4-2-1-3-9(10)11/h1-4,7H,5-6,8H2,(H,18,19). The Hall–Kier alpha value is -1.95. The zero-order valence-corrected chi connectivity index (χ0v) is 11.3. The Morgan fingerprint density at radius 1 is 1.35 bits per heavy atom. The van der Waals surface area contributed by atoms with Crippen LogP contribution < -0.4 is 0 Å². The van der Waals surface area contributed by atoms with Crippen molar-refractivity contribution < 1.29 is 19.1 Å². The molecule has 0 saturated carbocycles. The van der Waals surface area contributed by atoms with Crippen LogP contribution in [0.4, 0.5) is 4.39 Å². The number of amides is 1. The van der Waals surface area contributed by atoms with Gasteiger partial charge in [0.05, 0.1) is 12.1 Å². The Morgan fingerprint density at radius 3 is 2.80 bits per heavy atom. The van der Waals surface area contributed by atoms with Crippen LogP contribution >= 0.6 is 11.3 Å². The summed E-state index contributed by atoms with van der Waals surface area (Å²) >= 11 is 1.45. The van der Waals surface area contributed by atoms with E-state index in [0.29, 0.717) is 5.56 Å². The highest BCUT2D eigenvalue weighted by atomic mass is 32.1. The van der Waals surface area contributed by atoms with E-state index in [1.54, 1.807) is 5.38 Å². The third kappa shape index (κ3) is 1.96. The molecular weight excluding hydrogens is 281 g/mol. The predicted octanol–water partition coefficient (Wildman–Crippen LogP) is 2.54. The molecule has 1 unspecified atom stereocenters. The molecule has 1 fully saturated rings. The number of hydrogen-bond donors (Lipinski definition) is 1. The van der Waals surface area contributed by atoms with Gasteiger partial charge in [-0.2, -0.15) is 0 Å². The molecule has 0 aliphatic carbocycles. The molecule has 1 saturated heterocycles. The molecule has 1 atom stereocenters. The molecule has 1 aromatic heterocycles. The third-order valence-electron chi connectivity index (χ3n) is 3.60. The maximum absolute atomic E-state index is 14.0. The van der Waals surface area contributed by atoms with Crippen LogP contribution in [0.25, 0.3) is 10.1 Å². The van der Waals surface area contributed by atoms with Crippen molar-refractivity contribution in [3.63, 3.8) is 0 Å². The average molecular weight is 293 g/mol. The van der Waals surface area contributed by atoms with Crippen LogP contribution in [0.3, 0.4) is 0 Å². The van der Waals surface area contributed by atoms with Crippen LogP contribution in [0.5, 0.6) is 0 Å². The fourth-order valence-electron chi connectivity index (χ4n) is 2.43. The number of carbonyl (C=O) groups is 2. The number of rotatable bonds is 2. The molecule has 20 heavy (non-hydrogen) atoms. The lowest BCUT2D eigenvalue weighted by Gasteiger charge is -2.17. The Kier molecular flexibility index (Phi) is 2.97. The highest BCUT2D eigenvalue weighted by molar-refractivity contribution is 7.17. The van der Waals surface area contributed by atoms with Gasteiger partial charge in [0.15, 0.2) is 0 Å². The van der Waals surface area contributed by atoms with E-state index in [1.165, 1.54) is 16.2 Å². The minimum Gasteiger partial charge on any atom is -0.479 e. The van der Waals surface area contributed by atoms with Crippen molar-refractivity contribution in [3.05, 3.63) is 35.2 Å². The van der Waals surface area contributed by atoms with E-state index in [0.717, 1.165) is 10.1 Å². The van der Waals surface area contributed by atoms with Crippen LogP contribution in [0.15, 0.2) is 29.6 Å². The van der Waals surface area contributed by atoms with E-state index in [2.05, 4.69) is 0 Å². The minimum atomic E-state index is -2.32. The maximum Gasteiger partial charge on any atom is 0.343 e. The van der Waals surface area contributed by atoms with E-state index in [1.807, 2.05) is 24.3 Å². The molecule has 3 rings (SSSR count). The summed E-state index contributed by atoms with van der Waals surface area (Å²) in [6.45, 7) is -0.253. The number of nitrogens with zero attached hydrogens (tertiary/aromatic N) is 1. The van der Waals surface area contributed by atoms with Gasteiger partial charge in [0.25, 0.3) is 5.91 Å². The van der Waals surface area contributed by atoms with Crippen molar-refractivity contribution in [1.82, 2.24) is 4.90 Å². The second-order valence-corrected chi connectivity index (χ2v) is 5.80. The Morgan fingerprint density at radius 2 is 2.10 bits per heavy atom. The molecule has 2 aromatic rings. The zero-order chi connectivity index (χ0) is 14.3. The van der Waals surface area contributed by atoms with E-state index in [-0.39, 0.29) is 25.4 Å². The van der Waals surface area contributed by atoms with Crippen molar-refractivity contribution in [3.8, 4) is 0 Å². The highest BCUT2D eigenvalue weighted by Gasteiger charge is 2.47. The molecule has 0 bridgehead atoms. The third-order valence-corrected chi connectivity index (χ3v) is 4.56. The number of benzene rings is 1. The van der Waals surface area contributed by atoms with Crippen molar-refractivity contribution in [2.45, 2.75) is 12.1 Å². The summed E-state index contributed by atoms with van der Waals surface area (Å²) in [5.74, 6) is -1.80. The van der Waals surface area contributed by atoms with E-state index < -0.39 is 11.6 Å². The lowest BCUT2D eigenvalue weighted by molar-refractivity contribution is -0.149. The van der Waals surface area contributed by atoms with Crippen LogP contribution in [0.2, 0.25) is 0 Å². The van der Waals surface area contributed by atoms with Gasteiger partial charge in [-0.15, -0.1) is 11.3 Å². The van der Waals surface area contributed by atoms with Crippen LogP contribution in [0.1, 0.15) is 16.8 Å². The van der Waals surface area contributed by atoms with E-state index in [4.69, 9.17) is 5.11 Å². The molecule has 6 heteroatoms. The number of aliphatic carboxylic acids is 1. The van der Waals surface area contributed by atoms with E-state index >= 15 is 0 Å². The number of carboxylic acid groups (broad SMARTS) is 1. The maximum atomic E-state index is 14.0. The molecule has 1 aliphatic heterocycles. The fourth-order valence-corrected chi connectivity index (χ4v) is 3.37. The second-order valence-electron chi connectivity index (χ2n) is 4.89. The fraction of sp³-hybridized carbons (Fsp3) is 0.286. The Balaban J connectivity index is 1.89. The van der Waals surface area contributed by atoms with Crippen molar-refractivity contribution in [2.75, 3.05) is 13.1 Å². The largest absolute Gasteiger partial charge is 0.479 e. The Labute approximate surface area is 118 Å². The number of halogens is 1. The van der Waals surface area contributed by atoms with Crippen LogP contribution in [-0.2, 0) is 4.79 Å². The summed E-state index contributed by atoms with van der Waals surface area (Å²) in [6, 6.07) is 7.49. The molecular formula is C14H12FNO3S. The number of alkyl halides is 1. The number of fused-ring (bicyclic) bond motifs is 1. The Bertz CT molecular complexity index is 699. The van der Waals surface area contributed by atoms with Crippen LogP contribution in [0, 0.1) is 0 Å². The lowest BCUT2D eigenvalue weighted by atomic mass is 10.1. The van der Waals surface area contributed by atoms with Crippen molar-refractivity contribution in [1.29, 1.82) is 0 Å². The summed E-state index contributed by atoms with van der Waals surface area (Å²) in [6.07, 6.45) is -0.157. The topological polar surface area (TPSA) is 57.6 Å². The summed E-state index contributed by atoms with van der Waals surface area (Å²) in [5.41, 5.74) is -1.80. The smallest absolute Gasteiger partial charge is 0.343 e. The first-order valence-corrected chi connectivity index (χ1v) is 7.07. The van der Waals surface area contributed by atoms with Gasteiger partial charge in [-0.05, 0) is 6.07 Å². The molecule has 1 aliphatic rings. The molecule has 1 amide bonds. The molecule has 1 N–H and O–H groups in total. The van der Waals surface area contributed by atoms with Gasteiger partial charge in [-0.3, -0.25) is 4.79 Å². The average Bonchev–Trinajstić information content (AvgIpc) is 3.03. The summed E-state index contributed by atoms with van der Waals surface area (Å²) in [5, 5.41) is 11.4. The van der Waals surface area contributed by atoms with E-state index in [9.17, 15) is 14.0 Å². The number of likely N-dealkylation sites (tertiary alicyclic amines) is 1. The molecule has 1 aromatic carbocycles. The number of thiophene rings is 1. The van der Waals surface area contributed by atoms with Crippen molar-refractivity contribution in [2.24, 2.45) is 0 Å². The summed E-state index contributed by atoms with van der Waals surface area (Å²) in [4.78, 5) is 24.6. The zero-order valence-electron chi connectivity index (χ0n) is 10.5. The first-order valence-electron chi connectivity index (χ1n) is 6.19. The monoisotopic (exact) mass is 293 g/mol.